The highest BCUT2D eigenvalue weighted by Crippen LogP contribution is 2.57. The highest BCUT2D eigenvalue weighted by molar-refractivity contribution is 6.00. The molecule has 3 aliphatic heterocycles. The van der Waals surface area contributed by atoms with Crippen molar-refractivity contribution < 1.29 is 4.84 Å². The number of para-hydroxylation sites is 1. The first-order chi connectivity index (χ1) is 13.6. The van der Waals surface area contributed by atoms with Crippen molar-refractivity contribution in [2.24, 2.45) is 10.6 Å². The highest BCUT2D eigenvalue weighted by atomic mass is 16.6. The van der Waals surface area contributed by atoms with Crippen molar-refractivity contribution in [3.05, 3.63) is 35.5 Å². The molecule has 0 saturated carbocycles. The highest BCUT2D eigenvalue weighted by Gasteiger charge is 2.52. The van der Waals surface area contributed by atoms with Gasteiger partial charge in [-0.1, -0.05) is 30.3 Å². The number of fused-ring (bicyclic) bond motifs is 3. The van der Waals surface area contributed by atoms with E-state index in [1.807, 2.05) is 0 Å². The molecule has 4 heterocycles. The molecule has 1 saturated heterocycles. The molecule has 3 aliphatic rings. The van der Waals surface area contributed by atoms with Crippen LogP contribution in [0.3, 0.4) is 0 Å². The van der Waals surface area contributed by atoms with Gasteiger partial charge >= 0.3 is 0 Å². The largest absolute Gasteiger partial charge is 0.393 e. The summed E-state index contributed by atoms with van der Waals surface area (Å²) in [5, 5.41) is 6.14. The second-order valence-corrected chi connectivity index (χ2v) is 9.05. The Morgan fingerprint density at radius 1 is 1.25 bits per heavy atom. The third-order valence-electron chi connectivity index (χ3n) is 7.27. The molecule has 5 rings (SSSR count). The van der Waals surface area contributed by atoms with E-state index in [0.717, 1.165) is 25.2 Å². The maximum absolute atomic E-state index is 5.82. The van der Waals surface area contributed by atoms with Crippen LogP contribution in [-0.4, -0.2) is 60.5 Å². The fraction of sp³-hybridized carbons (Fsp3) is 0.609. The van der Waals surface area contributed by atoms with Crippen LogP contribution in [0.2, 0.25) is 0 Å². The van der Waals surface area contributed by atoms with Gasteiger partial charge in [-0.05, 0) is 63.4 Å². The van der Waals surface area contributed by atoms with E-state index >= 15 is 0 Å². The van der Waals surface area contributed by atoms with Crippen LogP contribution in [0, 0.1) is 5.41 Å². The van der Waals surface area contributed by atoms with Crippen LogP contribution in [-0.2, 0) is 11.3 Å². The summed E-state index contributed by atoms with van der Waals surface area (Å²) in [7, 11) is 4.14. The average Bonchev–Trinajstić information content (AvgIpc) is 3.05. The molecule has 0 radical (unpaired) electrons. The molecule has 28 heavy (non-hydrogen) atoms. The molecule has 2 aromatic rings. The molecule has 2 atom stereocenters. The van der Waals surface area contributed by atoms with Gasteiger partial charge in [0.05, 0.1) is 11.6 Å². The zero-order valence-corrected chi connectivity index (χ0v) is 17.4. The fourth-order valence-electron chi connectivity index (χ4n) is 5.89. The quantitative estimate of drug-likeness (QED) is 0.583. The van der Waals surface area contributed by atoms with Gasteiger partial charge in [0.25, 0.3) is 0 Å². The number of oxime groups is 1. The lowest BCUT2D eigenvalue weighted by molar-refractivity contribution is -0.00491. The Morgan fingerprint density at radius 2 is 2.11 bits per heavy atom. The molecular weight excluding hydrogens is 348 g/mol. The van der Waals surface area contributed by atoms with E-state index in [2.05, 4.69) is 59.7 Å². The summed E-state index contributed by atoms with van der Waals surface area (Å²) in [5.74, 6) is 1.11. The SMILES string of the molecule is CC[C@]12CCCN3CCc4c(n(c5ccccc45)C(=NOCCN(C)C)C1)[C@@H]32. The van der Waals surface area contributed by atoms with Crippen LogP contribution in [0.5, 0.6) is 0 Å². The van der Waals surface area contributed by atoms with Crippen molar-refractivity contribution in [1.29, 1.82) is 0 Å². The van der Waals surface area contributed by atoms with Crippen molar-refractivity contribution in [2.45, 2.75) is 45.1 Å². The normalized spacial score (nSPS) is 28.1. The first kappa shape index (κ1) is 18.2. The Hall–Kier alpha value is -1.85. The van der Waals surface area contributed by atoms with Gasteiger partial charge in [-0.25, -0.2) is 0 Å². The molecule has 0 spiro atoms. The van der Waals surface area contributed by atoms with Gasteiger partial charge in [-0.3, -0.25) is 9.47 Å². The van der Waals surface area contributed by atoms with Gasteiger partial charge in [-0.15, -0.1) is 0 Å². The van der Waals surface area contributed by atoms with Crippen molar-refractivity contribution in [2.75, 3.05) is 40.3 Å². The smallest absolute Gasteiger partial charge is 0.153 e. The summed E-state index contributed by atoms with van der Waals surface area (Å²) >= 11 is 0. The molecule has 1 aromatic carbocycles. The van der Waals surface area contributed by atoms with Gasteiger partial charge < -0.3 is 9.74 Å². The number of piperidine rings is 1. The van der Waals surface area contributed by atoms with E-state index in [1.54, 1.807) is 5.56 Å². The van der Waals surface area contributed by atoms with E-state index in [0.29, 0.717) is 18.1 Å². The molecule has 150 valence electrons. The minimum Gasteiger partial charge on any atom is -0.393 e. The second-order valence-electron chi connectivity index (χ2n) is 9.05. The standard InChI is InChI=1S/C23H32N4O/c1-4-23-11-7-12-26-13-10-18-17-8-5-6-9-19(17)27(21(18)22(23)26)20(16-23)24-28-15-14-25(2)3/h5-6,8-9,22H,4,7,10-16H2,1-3H3/t22-,23+/m1/s1. The summed E-state index contributed by atoms with van der Waals surface area (Å²) in [6.45, 7) is 6.32. The zero-order chi connectivity index (χ0) is 19.3. The minimum atomic E-state index is 0.293. The molecule has 0 bridgehead atoms. The van der Waals surface area contributed by atoms with E-state index < -0.39 is 0 Å². The minimum absolute atomic E-state index is 0.293. The van der Waals surface area contributed by atoms with Gasteiger partial charge in [0.2, 0.25) is 0 Å². The number of nitrogens with zero attached hydrogens (tertiary/aromatic N) is 4. The first-order valence-corrected chi connectivity index (χ1v) is 10.8. The van der Waals surface area contributed by atoms with Crippen LogP contribution < -0.4 is 0 Å². The van der Waals surface area contributed by atoms with Crippen molar-refractivity contribution in [1.82, 2.24) is 14.4 Å². The monoisotopic (exact) mass is 380 g/mol. The maximum Gasteiger partial charge on any atom is 0.153 e. The Labute approximate surface area is 167 Å². The molecule has 5 heteroatoms. The Kier molecular flexibility index (Phi) is 4.48. The van der Waals surface area contributed by atoms with Gasteiger partial charge in [0, 0.05) is 30.6 Å². The average molecular weight is 381 g/mol. The van der Waals surface area contributed by atoms with Crippen LogP contribution in [0.25, 0.3) is 10.9 Å². The van der Waals surface area contributed by atoms with Gasteiger partial charge in [-0.2, -0.15) is 0 Å². The predicted octanol–water partition coefficient (Wildman–Crippen LogP) is 3.87. The Bertz CT molecular complexity index is 915. The van der Waals surface area contributed by atoms with Gasteiger partial charge in [0.1, 0.15) is 6.61 Å². The number of benzene rings is 1. The number of likely N-dealkylation sites (N-methyl/N-ethyl adjacent to an activating group) is 1. The molecule has 1 aromatic heterocycles. The summed E-state index contributed by atoms with van der Waals surface area (Å²) in [4.78, 5) is 10.7. The third kappa shape index (κ3) is 2.63. The number of rotatable bonds is 5. The van der Waals surface area contributed by atoms with Crippen LogP contribution >= 0.6 is 0 Å². The lowest BCUT2D eigenvalue weighted by Crippen LogP contribution is -2.53. The summed E-state index contributed by atoms with van der Waals surface area (Å²) in [6.07, 6.45) is 5.95. The number of hydrogen-bond donors (Lipinski definition) is 0. The van der Waals surface area contributed by atoms with Crippen LogP contribution in [0.1, 0.15) is 49.9 Å². The fourth-order valence-corrected chi connectivity index (χ4v) is 5.89. The summed E-state index contributed by atoms with van der Waals surface area (Å²) < 4.78 is 2.45. The summed E-state index contributed by atoms with van der Waals surface area (Å²) in [6, 6.07) is 9.42. The number of aromatic nitrogens is 1. The Balaban J connectivity index is 1.67. The second kappa shape index (κ2) is 6.89. The molecule has 1 fully saturated rings. The van der Waals surface area contributed by atoms with E-state index in [-0.39, 0.29) is 0 Å². The van der Waals surface area contributed by atoms with Gasteiger partial charge in [0.15, 0.2) is 5.84 Å². The molecule has 0 amide bonds. The van der Waals surface area contributed by atoms with Crippen LogP contribution in [0.15, 0.2) is 29.4 Å². The van der Waals surface area contributed by atoms with E-state index in [9.17, 15) is 0 Å². The lowest BCUT2D eigenvalue weighted by atomic mass is 9.64. The molecule has 0 unspecified atom stereocenters. The van der Waals surface area contributed by atoms with Crippen molar-refractivity contribution in [3.8, 4) is 0 Å². The molecule has 0 aliphatic carbocycles. The predicted molar refractivity (Wildman–Crippen MR) is 114 cm³/mol. The maximum atomic E-state index is 5.82. The van der Waals surface area contributed by atoms with Crippen molar-refractivity contribution in [3.63, 3.8) is 0 Å². The third-order valence-corrected chi connectivity index (χ3v) is 7.27. The Morgan fingerprint density at radius 3 is 2.93 bits per heavy atom. The number of hydrogen-bond acceptors (Lipinski definition) is 4. The lowest BCUT2D eigenvalue weighted by Gasteiger charge is -2.55. The van der Waals surface area contributed by atoms with Crippen LogP contribution in [0.4, 0.5) is 0 Å². The topological polar surface area (TPSA) is 33.0 Å². The summed E-state index contributed by atoms with van der Waals surface area (Å²) in [5.41, 5.74) is 4.66. The molecule has 5 nitrogen and oxygen atoms in total. The van der Waals surface area contributed by atoms with E-state index in [4.69, 9.17) is 9.99 Å². The van der Waals surface area contributed by atoms with E-state index in [1.165, 1.54) is 48.9 Å². The molecule has 0 N–H and O–H groups in total. The van der Waals surface area contributed by atoms with Crippen molar-refractivity contribution >= 4 is 16.7 Å². The zero-order valence-electron chi connectivity index (χ0n) is 17.4. The first-order valence-electron chi connectivity index (χ1n) is 10.8. The molecular formula is C23H32N4O.